The number of nitrogens with one attached hydrogen (secondary N) is 1. The standard InChI is InChI=1S/C12H19F3N4/c1-4-6-19(7-12(13,14)15)11-9(3)10(16-5-2)17-8-18-11/h8H,4-7H2,1-3H3,(H,16,17,18). The molecule has 108 valence electrons. The molecule has 0 aliphatic rings. The number of rotatable bonds is 6. The maximum absolute atomic E-state index is 12.6. The van der Waals surface area contributed by atoms with Gasteiger partial charge in [0.1, 0.15) is 24.5 Å². The summed E-state index contributed by atoms with van der Waals surface area (Å²) in [5.41, 5.74) is 0.641. The Morgan fingerprint density at radius 1 is 1.26 bits per heavy atom. The molecule has 7 heteroatoms. The number of hydrogen-bond acceptors (Lipinski definition) is 4. The molecule has 0 bridgehead atoms. The van der Waals surface area contributed by atoms with Crippen LogP contribution in [0, 0.1) is 6.92 Å². The number of anilines is 2. The Kier molecular flexibility index (Phi) is 5.38. The number of halogens is 3. The van der Waals surface area contributed by atoms with Crippen molar-refractivity contribution in [3.05, 3.63) is 11.9 Å². The Bertz CT molecular complexity index is 406. The van der Waals surface area contributed by atoms with Crippen LogP contribution in [0.2, 0.25) is 0 Å². The normalized spacial score (nSPS) is 11.5. The van der Waals surface area contributed by atoms with Crippen molar-refractivity contribution in [1.82, 2.24) is 9.97 Å². The van der Waals surface area contributed by atoms with Crippen LogP contribution in [0.4, 0.5) is 24.8 Å². The topological polar surface area (TPSA) is 41.1 Å². The van der Waals surface area contributed by atoms with Gasteiger partial charge >= 0.3 is 6.18 Å². The Labute approximate surface area is 111 Å². The third kappa shape index (κ3) is 4.57. The monoisotopic (exact) mass is 276 g/mol. The van der Waals surface area contributed by atoms with E-state index in [9.17, 15) is 13.2 Å². The van der Waals surface area contributed by atoms with Crippen LogP contribution in [0.3, 0.4) is 0 Å². The molecule has 0 saturated carbocycles. The van der Waals surface area contributed by atoms with Gasteiger partial charge in [0, 0.05) is 18.7 Å². The van der Waals surface area contributed by atoms with E-state index in [4.69, 9.17) is 0 Å². The first kappa shape index (κ1) is 15.5. The first-order valence-electron chi connectivity index (χ1n) is 6.26. The van der Waals surface area contributed by atoms with Gasteiger partial charge in [-0.1, -0.05) is 6.92 Å². The Balaban J connectivity index is 3.05. The zero-order valence-corrected chi connectivity index (χ0v) is 11.4. The average molecular weight is 276 g/mol. The van der Waals surface area contributed by atoms with Gasteiger partial charge in [-0.3, -0.25) is 0 Å². The molecule has 4 nitrogen and oxygen atoms in total. The molecule has 0 aliphatic carbocycles. The first-order chi connectivity index (χ1) is 8.89. The van der Waals surface area contributed by atoms with E-state index in [-0.39, 0.29) is 0 Å². The SMILES string of the molecule is CCCN(CC(F)(F)F)c1ncnc(NCC)c1C. The van der Waals surface area contributed by atoms with Crippen LogP contribution in [0.1, 0.15) is 25.8 Å². The van der Waals surface area contributed by atoms with Gasteiger partial charge in [-0.2, -0.15) is 13.2 Å². The lowest BCUT2D eigenvalue weighted by atomic mass is 10.2. The maximum atomic E-state index is 12.6. The molecular formula is C12H19F3N4. The minimum atomic E-state index is -4.25. The molecule has 0 atom stereocenters. The molecule has 1 rings (SSSR count). The van der Waals surface area contributed by atoms with Gasteiger partial charge in [-0.05, 0) is 20.3 Å². The summed E-state index contributed by atoms with van der Waals surface area (Å²) < 4.78 is 37.8. The Hall–Kier alpha value is -1.53. The van der Waals surface area contributed by atoms with Crippen molar-refractivity contribution in [2.45, 2.75) is 33.4 Å². The fourth-order valence-electron chi connectivity index (χ4n) is 1.85. The van der Waals surface area contributed by atoms with E-state index >= 15 is 0 Å². The number of aromatic nitrogens is 2. The Morgan fingerprint density at radius 2 is 1.95 bits per heavy atom. The highest BCUT2D eigenvalue weighted by Gasteiger charge is 2.31. The third-order valence-corrected chi connectivity index (χ3v) is 2.56. The second-order valence-electron chi connectivity index (χ2n) is 4.24. The van der Waals surface area contributed by atoms with Crippen LogP contribution in [0.15, 0.2) is 6.33 Å². The van der Waals surface area contributed by atoms with Gasteiger partial charge in [-0.15, -0.1) is 0 Å². The summed E-state index contributed by atoms with van der Waals surface area (Å²) in [5, 5.41) is 3.02. The van der Waals surface area contributed by atoms with Crippen LogP contribution in [-0.2, 0) is 0 Å². The summed E-state index contributed by atoms with van der Waals surface area (Å²) >= 11 is 0. The summed E-state index contributed by atoms with van der Waals surface area (Å²) in [5.74, 6) is 0.918. The average Bonchev–Trinajstić information content (AvgIpc) is 2.30. The van der Waals surface area contributed by atoms with Gasteiger partial charge in [0.15, 0.2) is 0 Å². The van der Waals surface area contributed by atoms with E-state index in [2.05, 4.69) is 15.3 Å². The van der Waals surface area contributed by atoms with Crippen molar-refractivity contribution < 1.29 is 13.2 Å². The quantitative estimate of drug-likeness (QED) is 0.867. The molecule has 0 unspecified atom stereocenters. The minimum Gasteiger partial charge on any atom is -0.370 e. The third-order valence-electron chi connectivity index (χ3n) is 2.56. The van der Waals surface area contributed by atoms with E-state index in [1.54, 1.807) is 6.92 Å². The van der Waals surface area contributed by atoms with Crippen LogP contribution in [0.5, 0.6) is 0 Å². The van der Waals surface area contributed by atoms with Crippen molar-refractivity contribution in [2.75, 3.05) is 29.9 Å². The van der Waals surface area contributed by atoms with E-state index in [0.29, 0.717) is 36.7 Å². The van der Waals surface area contributed by atoms with Crippen LogP contribution >= 0.6 is 0 Å². The first-order valence-corrected chi connectivity index (χ1v) is 6.26. The molecule has 19 heavy (non-hydrogen) atoms. The van der Waals surface area contributed by atoms with Gasteiger partial charge in [0.2, 0.25) is 0 Å². The predicted octanol–water partition coefficient (Wildman–Crippen LogP) is 3.00. The van der Waals surface area contributed by atoms with Crippen molar-refractivity contribution in [1.29, 1.82) is 0 Å². The highest BCUT2D eigenvalue weighted by atomic mass is 19.4. The lowest BCUT2D eigenvalue weighted by Gasteiger charge is -2.26. The van der Waals surface area contributed by atoms with Gasteiger partial charge in [-0.25, -0.2) is 9.97 Å². The molecule has 1 N–H and O–H groups in total. The molecule has 0 amide bonds. The highest BCUT2D eigenvalue weighted by molar-refractivity contribution is 5.57. The zero-order valence-electron chi connectivity index (χ0n) is 11.4. The molecule has 0 aromatic carbocycles. The molecule has 1 aromatic heterocycles. The molecule has 0 radical (unpaired) electrons. The molecule has 0 spiro atoms. The van der Waals surface area contributed by atoms with Crippen molar-refractivity contribution >= 4 is 11.6 Å². The summed E-state index contributed by atoms with van der Waals surface area (Å²) in [6.45, 7) is 5.44. The second-order valence-corrected chi connectivity index (χ2v) is 4.24. The van der Waals surface area contributed by atoms with E-state index in [1.807, 2.05) is 13.8 Å². The van der Waals surface area contributed by atoms with Crippen molar-refractivity contribution in [3.63, 3.8) is 0 Å². The molecule has 1 heterocycles. The predicted molar refractivity (Wildman–Crippen MR) is 69.5 cm³/mol. The van der Waals surface area contributed by atoms with E-state index in [1.165, 1.54) is 11.2 Å². The summed E-state index contributed by atoms with van der Waals surface area (Å²) in [4.78, 5) is 9.28. The highest BCUT2D eigenvalue weighted by Crippen LogP contribution is 2.26. The number of alkyl halides is 3. The van der Waals surface area contributed by atoms with Gasteiger partial charge in [0.05, 0.1) is 0 Å². The zero-order chi connectivity index (χ0) is 14.5. The van der Waals surface area contributed by atoms with E-state index < -0.39 is 12.7 Å². The fourth-order valence-corrected chi connectivity index (χ4v) is 1.85. The number of hydrogen-bond donors (Lipinski definition) is 1. The molecule has 0 saturated heterocycles. The lowest BCUT2D eigenvalue weighted by molar-refractivity contribution is -0.119. The van der Waals surface area contributed by atoms with Crippen molar-refractivity contribution in [2.24, 2.45) is 0 Å². The molecule has 0 fully saturated rings. The van der Waals surface area contributed by atoms with Gasteiger partial charge < -0.3 is 10.2 Å². The van der Waals surface area contributed by atoms with Gasteiger partial charge in [0.25, 0.3) is 0 Å². The van der Waals surface area contributed by atoms with E-state index in [0.717, 1.165) is 0 Å². The van der Waals surface area contributed by atoms with Crippen molar-refractivity contribution in [3.8, 4) is 0 Å². The summed E-state index contributed by atoms with van der Waals surface area (Å²) in [7, 11) is 0. The minimum absolute atomic E-state index is 0.308. The maximum Gasteiger partial charge on any atom is 0.405 e. The fraction of sp³-hybridized carbons (Fsp3) is 0.667. The van der Waals surface area contributed by atoms with Crippen LogP contribution in [-0.4, -0.2) is 35.8 Å². The summed E-state index contributed by atoms with van der Waals surface area (Å²) in [6, 6.07) is 0. The molecule has 0 aliphatic heterocycles. The second kappa shape index (κ2) is 6.58. The molecular weight excluding hydrogens is 257 g/mol. The van der Waals surface area contributed by atoms with Crippen LogP contribution in [0.25, 0.3) is 0 Å². The lowest BCUT2D eigenvalue weighted by Crippen LogP contribution is -2.36. The van der Waals surface area contributed by atoms with Crippen LogP contribution < -0.4 is 10.2 Å². The largest absolute Gasteiger partial charge is 0.405 e. The molecule has 1 aromatic rings. The smallest absolute Gasteiger partial charge is 0.370 e. The summed E-state index contributed by atoms with van der Waals surface area (Å²) in [6.07, 6.45) is -2.33. The number of nitrogens with zero attached hydrogens (tertiary/aromatic N) is 3. The Morgan fingerprint density at radius 3 is 2.47 bits per heavy atom.